The molecule has 1 amide bonds. The van der Waals surface area contributed by atoms with Crippen LogP contribution in [0.15, 0.2) is 41.3 Å². The summed E-state index contributed by atoms with van der Waals surface area (Å²) in [5, 5.41) is 0.679. The molecule has 0 saturated carbocycles. The van der Waals surface area contributed by atoms with E-state index in [-0.39, 0.29) is 37.0 Å². The molecule has 2 heterocycles. The van der Waals surface area contributed by atoms with E-state index in [1.807, 2.05) is 0 Å². The van der Waals surface area contributed by atoms with Crippen LogP contribution in [0.1, 0.15) is 10.4 Å². The molecule has 1 saturated heterocycles. The van der Waals surface area contributed by atoms with E-state index >= 15 is 0 Å². The number of hydrogen-bond acceptors (Lipinski definition) is 6. The van der Waals surface area contributed by atoms with Gasteiger partial charge in [-0.15, -0.1) is 0 Å². The van der Waals surface area contributed by atoms with Crippen LogP contribution in [0.4, 0.5) is 0 Å². The molecule has 0 spiro atoms. The van der Waals surface area contributed by atoms with Crippen molar-refractivity contribution < 1.29 is 13.2 Å². The van der Waals surface area contributed by atoms with Crippen molar-refractivity contribution >= 4 is 61.9 Å². The zero-order valence-electron chi connectivity index (χ0n) is 14.4. The number of benzene rings is 2. The molecule has 2 aromatic carbocycles. The molecule has 1 aromatic heterocycles. The van der Waals surface area contributed by atoms with E-state index < -0.39 is 10.0 Å². The van der Waals surface area contributed by atoms with Crippen LogP contribution >= 0.6 is 34.9 Å². The van der Waals surface area contributed by atoms with Crippen LogP contribution in [0.2, 0.25) is 10.0 Å². The van der Waals surface area contributed by atoms with Crippen LogP contribution in [-0.2, 0) is 10.0 Å². The predicted molar refractivity (Wildman–Crippen MR) is 109 cm³/mol. The Hall–Kier alpha value is -1.78. The van der Waals surface area contributed by atoms with Gasteiger partial charge in [-0.3, -0.25) is 4.79 Å². The van der Waals surface area contributed by atoms with Crippen molar-refractivity contribution in [3.8, 4) is 0 Å². The number of hydrogen-bond donors (Lipinski definition) is 0. The number of carbonyl (C=O) groups is 1. The van der Waals surface area contributed by atoms with E-state index in [1.54, 1.807) is 29.2 Å². The van der Waals surface area contributed by atoms with E-state index in [0.717, 1.165) is 11.7 Å². The zero-order valence-corrected chi connectivity index (χ0v) is 17.5. The Kier molecular flexibility index (Phi) is 5.28. The molecule has 4 rings (SSSR count). The lowest BCUT2D eigenvalue weighted by molar-refractivity contribution is 0.0698. The molecule has 11 heteroatoms. The second-order valence-electron chi connectivity index (χ2n) is 6.21. The highest BCUT2D eigenvalue weighted by Gasteiger charge is 2.32. The number of carbonyl (C=O) groups excluding carboxylic acids is 1. The summed E-state index contributed by atoms with van der Waals surface area (Å²) < 4.78 is 35.7. The van der Waals surface area contributed by atoms with Crippen LogP contribution < -0.4 is 0 Å². The number of nitrogens with zero attached hydrogens (tertiary/aromatic N) is 4. The molecule has 28 heavy (non-hydrogen) atoms. The highest BCUT2D eigenvalue weighted by Crippen LogP contribution is 2.26. The van der Waals surface area contributed by atoms with E-state index in [0.29, 0.717) is 26.6 Å². The van der Waals surface area contributed by atoms with Gasteiger partial charge in [-0.2, -0.15) is 13.1 Å². The minimum absolute atomic E-state index is 0.142. The molecular formula is C17H14Cl2N4O3S2. The third-order valence-electron chi connectivity index (χ3n) is 4.56. The van der Waals surface area contributed by atoms with E-state index in [1.165, 1.54) is 16.4 Å². The first kappa shape index (κ1) is 19.5. The largest absolute Gasteiger partial charge is 0.336 e. The van der Waals surface area contributed by atoms with Gasteiger partial charge in [-0.25, -0.2) is 8.42 Å². The van der Waals surface area contributed by atoms with Gasteiger partial charge in [0.2, 0.25) is 10.0 Å². The number of piperazine rings is 1. The quantitative estimate of drug-likeness (QED) is 0.604. The molecular weight excluding hydrogens is 443 g/mol. The first-order valence-corrected chi connectivity index (χ1v) is 11.3. The summed E-state index contributed by atoms with van der Waals surface area (Å²) >= 11 is 12.9. The topological polar surface area (TPSA) is 83.5 Å². The van der Waals surface area contributed by atoms with Gasteiger partial charge in [0.05, 0.1) is 21.8 Å². The zero-order chi connectivity index (χ0) is 19.9. The Balaban J connectivity index is 1.51. The SMILES string of the molecule is O=C(c1ccc(Cl)c(Cl)c1)N1CCN(S(=O)(=O)c2cccc3nsnc23)CC1. The van der Waals surface area contributed by atoms with Crippen molar-refractivity contribution in [1.82, 2.24) is 18.0 Å². The standard InChI is InChI=1S/C17H14Cl2N4O3S2/c18-12-5-4-11(10-13(12)19)17(24)22-6-8-23(9-7-22)28(25,26)15-3-1-2-14-16(15)21-27-20-14/h1-5,10H,6-9H2. The molecule has 0 atom stereocenters. The lowest BCUT2D eigenvalue weighted by Gasteiger charge is -2.34. The fourth-order valence-electron chi connectivity index (χ4n) is 3.07. The third-order valence-corrected chi connectivity index (χ3v) is 7.77. The Morgan fingerprint density at radius 2 is 1.75 bits per heavy atom. The van der Waals surface area contributed by atoms with Crippen molar-refractivity contribution in [2.24, 2.45) is 0 Å². The minimum atomic E-state index is -3.72. The molecule has 0 unspecified atom stereocenters. The number of aromatic nitrogens is 2. The molecule has 0 radical (unpaired) electrons. The average molecular weight is 457 g/mol. The van der Waals surface area contributed by atoms with Gasteiger partial charge >= 0.3 is 0 Å². The third kappa shape index (κ3) is 3.48. The number of amides is 1. The predicted octanol–water partition coefficient (Wildman–Crippen LogP) is 3.14. The molecule has 0 bridgehead atoms. The second kappa shape index (κ2) is 7.57. The highest BCUT2D eigenvalue weighted by atomic mass is 35.5. The summed E-state index contributed by atoms with van der Waals surface area (Å²) in [6, 6.07) is 9.61. The minimum Gasteiger partial charge on any atom is -0.336 e. The highest BCUT2D eigenvalue weighted by molar-refractivity contribution is 7.89. The van der Waals surface area contributed by atoms with Crippen molar-refractivity contribution in [3.05, 3.63) is 52.0 Å². The van der Waals surface area contributed by atoms with Crippen LogP contribution in [0.3, 0.4) is 0 Å². The van der Waals surface area contributed by atoms with E-state index in [2.05, 4.69) is 8.75 Å². The lowest BCUT2D eigenvalue weighted by Crippen LogP contribution is -2.50. The Labute approximate surface area is 175 Å². The van der Waals surface area contributed by atoms with Gasteiger partial charge < -0.3 is 4.90 Å². The molecule has 7 nitrogen and oxygen atoms in total. The number of rotatable bonds is 3. The fraction of sp³-hybridized carbons (Fsp3) is 0.235. The number of sulfonamides is 1. The summed E-state index contributed by atoms with van der Waals surface area (Å²) in [6.07, 6.45) is 0. The van der Waals surface area contributed by atoms with Crippen LogP contribution in [-0.4, -0.2) is 58.5 Å². The monoisotopic (exact) mass is 456 g/mol. The average Bonchev–Trinajstić information content (AvgIpc) is 3.18. The maximum Gasteiger partial charge on any atom is 0.253 e. The van der Waals surface area contributed by atoms with Crippen LogP contribution in [0.5, 0.6) is 0 Å². The summed E-state index contributed by atoms with van der Waals surface area (Å²) in [6.45, 7) is 0.958. The first-order chi connectivity index (χ1) is 13.4. The van der Waals surface area contributed by atoms with Gasteiger partial charge in [0.15, 0.2) is 0 Å². The Morgan fingerprint density at radius 1 is 1.00 bits per heavy atom. The summed E-state index contributed by atoms with van der Waals surface area (Å²) in [5.41, 5.74) is 1.35. The maximum atomic E-state index is 13.1. The summed E-state index contributed by atoms with van der Waals surface area (Å²) in [7, 11) is -3.72. The number of halogens is 2. The lowest BCUT2D eigenvalue weighted by atomic mass is 10.2. The van der Waals surface area contributed by atoms with Gasteiger partial charge in [-0.05, 0) is 30.3 Å². The van der Waals surface area contributed by atoms with E-state index in [9.17, 15) is 13.2 Å². The number of fused-ring (bicyclic) bond motifs is 1. The molecule has 3 aromatic rings. The first-order valence-electron chi connectivity index (χ1n) is 8.34. The molecule has 1 fully saturated rings. The van der Waals surface area contributed by atoms with Crippen LogP contribution in [0, 0.1) is 0 Å². The molecule has 0 N–H and O–H groups in total. The summed E-state index contributed by atoms with van der Waals surface area (Å²) in [4.78, 5) is 14.4. The van der Waals surface area contributed by atoms with Crippen molar-refractivity contribution in [2.45, 2.75) is 4.90 Å². The van der Waals surface area contributed by atoms with Crippen molar-refractivity contribution in [3.63, 3.8) is 0 Å². The molecule has 1 aliphatic heterocycles. The van der Waals surface area contributed by atoms with Gasteiger partial charge in [0.25, 0.3) is 5.91 Å². The van der Waals surface area contributed by atoms with Crippen molar-refractivity contribution in [1.29, 1.82) is 0 Å². The van der Waals surface area contributed by atoms with Gasteiger partial charge in [0.1, 0.15) is 15.9 Å². The normalized spacial score (nSPS) is 15.9. The molecule has 146 valence electrons. The van der Waals surface area contributed by atoms with Gasteiger partial charge in [0, 0.05) is 31.7 Å². The smallest absolute Gasteiger partial charge is 0.253 e. The van der Waals surface area contributed by atoms with Gasteiger partial charge in [-0.1, -0.05) is 29.3 Å². The Morgan fingerprint density at radius 3 is 2.46 bits per heavy atom. The van der Waals surface area contributed by atoms with Crippen molar-refractivity contribution in [2.75, 3.05) is 26.2 Å². The van der Waals surface area contributed by atoms with E-state index in [4.69, 9.17) is 23.2 Å². The maximum absolute atomic E-state index is 13.1. The van der Waals surface area contributed by atoms with Crippen LogP contribution in [0.25, 0.3) is 11.0 Å². The Bertz CT molecular complexity index is 1160. The molecule has 1 aliphatic rings. The second-order valence-corrected chi connectivity index (χ2v) is 9.46. The molecule has 0 aliphatic carbocycles. The summed E-state index contributed by atoms with van der Waals surface area (Å²) in [5.74, 6) is -0.207. The fourth-order valence-corrected chi connectivity index (χ4v) is 5.54.